The first-order valence-electron chi connectivity index (χ1n) is 32.4. The van der Waals surface area contributed by atoms with Gasteiger partial charge in [0, 0.05) is 43.6 Å². The van der Waals surface area contributed by atoms with Crippen LogP contribution < -0.4 is 4.74 Å². The van der Waals surface area contributed by atoms with Crippen LogP contribution in [0.4, 0.5) is 0 Å². The summed E-state index contributed by atoms with van der Waals surface area (Å²) in [5.41, 5.74) is 16.1. The molecule has 0 saturated carbocycles. The van der Waals surface area contributed by atoms with Crippen LogP contribution in [0, 0.1) is 0 Å². The number of fused-ring (bicyclic) bond motifs is 21. The standard InChI is InChI=1S/C88H50N6O/c1-3-19-51(20-4-1)57-24-9-12-28-66(57)84-67-29-13-16-32-72(67)89-87(90-84)93-73-33-17-14-30-68(73)82-65-41-39-56-49-71(60-26-10-11-27-61(60)80(56)63(65)44-47-75(82)93)55-38-42-70-78(50-55)95-77-48-45-59(52-21-5-2-6-22-52)85-83(77)86(70)92-88(91-85)94-74-34-18-15-31-69(74)81-64-40-37-54-36-35-53-23-7-8-25-58(53)79(54)62(64)43-46-76(81)94/h1-50H. The lowest BCUT2D eigenvalue weighted by Crippen LogP contribution is -2.07. The molecule has 4 aromatic heterocycles. The smallest absolute Gasteiger partial charge is 0.235 e. The highest BCUT2D eigenvalue weighted by Crippen LogP contribution is 2.51. The van der Waals surface area contributed by atoms with Crippen molar-refractivity contribution in [2.75, 3.05) is 0 Å². The molecule has 0 N–H and O–H groups in total. The number of hydrogen-bond acceptors (Lipinski definition) is 5. The van der Waals surface area contributed by atoms with Crippen molar-refractivity contribution in [1.29, 1.82) is 0 Å². The summed E-state index contributed by atoms with van der Waals surface area (Å²) in [4.78, 5) is 22.3. The van der Waals surface area contributed by atoms with E-state index in [1.54, 1.807) is 0 Å². The number of benzene rings is 16. The van der Waals surface area contributed by atoms with Crippen LogP contribution in [0.25, 0.3) is 198 Å². The molecule has 0 spiro atoms. The van der Waals surface area contributed by atoms with Crippen LogP contribution in [-0.2, 0) is 0 Å². The Bertz CT molecular complexity index is 6750. The van der Waals surface area contributed by atoms with Crippen LogP contribution >= 0.6 is 0 Å². The second-order valence-corrected chi connectivity index (χ2v) is 25.1. The second-order valence-electron chi connectivity index (χ2n) is 25.1. The van der Waals surface area contributed by atoms with Crippen LogP contribution in [0.5, 0.6) is 11.5 Å². The molecule has 438 valence electrons. The number of aromatic nitrogens is 6. The second kappa shape index (κ2) is 19.8. The van der Waals surface area contributed by atoms with E-state index in [2.05, 4.69) is 312 Å². The molecule has 0 atom stereocenters. The number of hydrogen-bond donors (Lipinski definition) is 0. The van der Waals surface area contributed by atoms with Gasteiger partial charge in [0.25, 0.3) is 0 Å². The van der Waals surface area contributed by atoms with Gasteiger partial charge in [0.05, 0.1) is 49.9 Å². The van der Waals surface area contributed by atoms with E-state index in [0.717, 1.165) is 138 Å². The average Bonchev–Trinajstić information content (AvgIpc) is 1.67. The van der Waals surface area contributed by atoms with E-state index in [0.29, 0.717) is 11.9 Å². The van der Waals surface area contributed by atoms with E-state index in [4.69, 9.17) is 24.7 Å². The summed E-state index contributed by atoms with van der Waals surface area (Å²) in [6, 6.07) is 109. The fourth-order valence-electron chi connectivity index (χ4n) is 16.0. The third kappa shape index (κ3) is 7.51. The fraction of sp³-hybridized carbons (Fsp3) is 0. The molecule has 20 aromatic rings. The van der Waals surface area contributed by atoms with Gasteiger partial charge in [0.15, 0.2) is 0 Å². The van der Waals surface area contributed by atoms with E-state index in [1.165, 1.54) is 59.2 Å². The van der Waals surface area contributed by atoms with Crippen molar-refractivity contribution in [2.24, 2.45) is 0 Å². The van der Waals surface area contributed by atoms with E-state index >= 15 is 0 Å². The molecule has 0 aliphatic carbocycles. The lowest BCUT2D eigenvalue weighted by atomic mass is 9.89. The predicted octanol–water partition coefficient (Wildman–Crippen LogP) is 23.1. The lowest BCUT2D eigenvalue weighted by molar-refractivity contribution is 0.486. The lowest BCUT2D eigenvalue weighted by Gasteiger charge is -2.23. The Morgan fingerprint density at radius 2 is 0.737 bits per heavy atom. The third-order valence-electron chi connectivity index (χ3n) is 20.1. The maximum absolute atomic E-state index is 7.13. The zero-order valence-corrected chi connectivity index (χ0v) is 51.0. The van der Waals surface area contributed by atoms with Gasteiger partial charge < -0.3 is 4.74 Å². The van der Waals surface area contributed by atoms with Gasteiger partial charge in [-0.25, -0.2) is 19.9 Å². The molecule has 95 heavy (non-hydrogen) atoms. The van der Waals surface area contributed by atoms with Gasteiger partial charge in [0.2, 0.25) is 11.9 Å². The third-order valence-corrected chi connectivity index (χ3v) is 20.1. The molecule has 1 aliphatic rings. The molecule has 7 nitrogen and oxygen atoms in total. The largest absolute Gasteiger partial charge is 0.456 e. The van der Waals surface area contributed by atoms with Gasteiger partial charge in [-0.05, 0) is 153 Å². The Kier molecular flexibility index (Phi) is 10.8. The highest BCUT2D eigenvalue weighted by Gasteiger charge is 2.29. The monoisotopic (exact) mass is 1210 g/mol. The highest BCUT2D eigenvalue weighted by molar-refractivity contribution is 6.32. The first kappa shape index (κ1) is 51.9. The summed E-state index contributed by atoms with van der Waals surface area (Å²) in [7, 11) is 0. The van der Waals surface area contributed by atoms with Gasteiger partial charge in [0.1, 0.15) is 11.5 Å². The van der Waals surface area contributed by atoms with Crippen molar-refractivity contribution in [2.45, 2.75) is 0 Å². The van der Waals surface area contributed by atoms with Crippen LogP contribution in [-0.4, -0.2) is 29.1 Å². The maximum atomic E-state index is 7.13. The molecule has 7 heteroatoms. The fourth-order valence-corrected chi connectivity index (χ4v) is 16.0. The Morgan fingerprint density at radius 3 is 1.46 bits per heavy atom. The molecule has 0 fully saturated rings. The van der Waals surface area contributed by atoms with Crippen molar-refractivity contribution in [3.8, 4) is 79.3 Å². The van der Waals surface area contributed by atoms with Gasteiger partial charge in [-0.15, -0.1) is 0 Å². The summed E-state index contributed by atoms with van der Waals surface area (Å²) in [5, 5.41) is 20.9. The van der Waals surface area contributed by atoms with E-state index in [9.17, 15) is 0 Å². The Hall–Kier alpha value is -12.8. The Morgan fingerprint density at radius 1 is 0.232 bits per heavy atom. The van der Waals surface area contributed by atoms with Crippen LogP contribution in [0.15, 0.2) is 303 Å². The summed E-state index contributed by atoms with van der Waals surface area (Å²) in [6.07, 6.45) is 0. The number of para-hydroxylation sites is 3. The zero-order chi connectivity index (χ0) is 62.0. The molecule has 0 radical (unpaired) electrons. The van der Waals surface area contributed by atoms with Gasteiger partial charge >= 0.3 is 0 Å². The number of ether oxygens (including phenoxy) is 1. The van der Waals surface area contributed by atoms with Crippen molar-refractivity contribution in [3.05, 3.63) is 303 Å². The zero-order valence-electron chi connectivity index (χ0n) is 51.0. The minimum Gasteiger partial charge on any atom is -0.456 e. The predicted molar refractivity (Wildman–Crippen MR) is 394 cm³/mol. The SMILES string of the molecule is c1ccc(-c2ccccc2-c2nc(-n3c4ccccc4c4c5ccc6cc(-c7ccc8c(c7)Oc7ccc(-c9ccccc9)c9nc(-n%10c%11ccccc%11c%11c%12ccc%13ccc%14ccccc%14c%13c%12ccc%11%10)nc-8c79)c7ccccc7c6c5ccc43)nc3ccccc23)cc1. The first-order chi connectivity index (χ1) is 47.1. The molecule has 21 rings (SSSR count). The van der Waals surface area contributed by atoms with Crippen LogP contribution in [0.1, 0.15) is 0 Å². The summed E-state index contributed by atoms with van der Waals surface area (Å²) in [5.74, 6) is 2.69. The molecule has 0 unspecified atom stereocenters. The average molecular weight is 1210 g/mol. The van der Waals surface area contributed by atoms with Crippen molar-refractivity contribution >= 4 is 130 Å². The summed E-state index contributed by atoms with van der Waals surface area (Å²) in [6.45, 7) is 0. The van der Waals surface area contributed by atoms with E-state index < -0.39 is 0 Å². The molecule has 0 saturated heterocycles. The van der Waals surface area contributed by atoms with E-state index in [-0.39, 0.29) is 0 Å². The molecular weight excluding hydrogens is 1160 g/mol. The number of nitrogens with zero attached hydrogens (tertiary/aromatic N) is 6. The quantitative estimate of drug-likeness (QED) is 0.155. The molecule has 0 bridgehead atoms. The number of rotatable bonds is 6. The molecule has 1 aliphatic heterocycles. The van der Waals surface area contributed by atoms with E-state index in [1.807, 2.05) is 0 Å². The minimum atomic E-state index is 0.599. The molecule has 0 amide bonds. The topological polar surface area (TPSA) is 70.7 Å². The van der Waals surface area contributed by atoms with Gasteiger partial charge in [-0.1, -0.05) is 243 Å². The Balaban J connectivity index is 0.733. The molecule has 5 heterocycles. The normalized spacial score (nSPS) is 12.3. The maximum Gasteiger partial charge on any atom is 0.235 e. The summed E-state index contributed by atoms with van der Waals surface area (Å²) < 4.78 is 11.7. The summed E-state index contributed by atoms with van der Waals surface area (Å²) >= 11 is 0. The minimum absolute atomic E-state index is 0.599. The molecular formula is C88H50N6O. The first-order valence-corrected chi connectivity index (χ1v) is 32.4. The van der Waals surface area contributed by atoms with Gasteiger partial charge in [-0.3, -0.25) is 9.13 Å². The van der Waals surface area contributed by atoms with Crippen molar-refractivity contribution in [1.82, 2.24) is 29.1 Å². The van der Waals surface area contributed by atoms with Crippen molar-refractivity contribution < 1.29 is 4.74 Å². The van der Waals surface area contributed by atoms with Crippen molar-refractivity contribution in [3.63, 3.8) is 0 Å². The van der Waals surface area contributed by atoms with Crippen LogP contribution in [0.2, 0.25) is 0 Å². The molecule has 16 aromatic carbocycles. The Labute approximate surface area is 543 Å². The highest BCUT2D eigenvalue weighted by atomic mass is 16.5. The van der Waals surface area contributed by atoms with Gasteiger partial charge in [-0.2, -0.15) is 0 Å². The van der Waals surface area contributed by atoms with Crippen LogP contribution in [0.3, 0.4) is 0 Å².